The maximum absolute atomic E-state index is 11.7. The maximum Gasteiger partial charge on any atom is 0.236 e. The second-order valence-corrected chi connectivity index (χ2v) is 5.11. The van der Waals surface area contributed by atoms with Gasteiger partial charge in [0.05, 0.1) is 12.1 Å². The molecule has 1 fully saturated rings. The van der Waals surface area contributed by atoms with E-state index in [9.17, 15) is 4.79 Å². The lowest BCUT2D eigenvalue weighted by atomic mass is 10.0. The molecule has 1 amide bonds. The van der Waals surface area contributed by atoms with Crippen LogP contribution in [0.1, 0.15) is 33.6 Å². The number of rotatable bonds is 5. The summed E-state index contributed by atoms with van der Waals surface area (Å²) in [6.07, 6.45) is 2.02. The molecule has 1 rings (SSSR count). The molecule has 0 aromatic heterocycles. The summed E-state index contributed by atoms with van der Waals surface area (Å²) >= 11 is 0. The van der Waals surface area contributed by atoms with E-state index in [-0.39, 0.29) is 18.1 Å². The number of nitrogens with one attached hydrogen (secondary N) is 1. The van der Waals surface area contributed by atoms with Gasteiger partial charge >= 0.3 is 0 Å². The summed E-state index contributed by atoms with van der Waals surface area (Å²) in [5, 5.41) is 2.92. The number of hydrogen-bond donors (Lipinski definition) is 2. The number of carbonyl (C=O) groups is 1. The molecule has 4 heteroatoms. The monoisotopic (exact) mass is 228 g/mol. The van der Waals surface area contributed by atoms with Gasteiger partial charge in [-0.05, 0) is 25.7 Å². The van der Waals surface area contributed by atoms with Crippen LogP contribution in [0.5, 0.6) is 0 Å². The number of carbonyl (C=O) groups excluding carboxylic acids is 1. The molecule has 1 aliphatic rings. The Morgan fingerprint density at radius 2 is 2.25 bits per heavy atom. The smallest absolute Gasteiger partial charge is 0.236 e. The molecule has 2 unspecified atom stereocenters. The SMILES string of the molecule is CC(C)C[C@@H](N)C(=O)NCC1CCOC1C. The van der Waals surface area contributed by atoms with E-state index in [4.69, 9.17) is 10.5 Å². The maximum atomic E-state index is 11.7. The Kier molecular flexibility index (Phi) is 5.22. The van der Waals surface area contributed by atoms with E-state index in [0.29, 0.717) is 18.4 Å². The van der Waals surface area contributed by atoms with Gasteiger partial charge in [-0.15, -0.1) is 0 Å². The van der Waals surface area contributed by atoms with Crippen molar-refractivity contribution < 1.29 is 9.53 Å². The van der Waals surface area contributed by atoms with Crippen molar-refractivity contribution in [1.29, 1.82) is 0 Å². The Hall–Kier alpha value is -0.610. The Balaban J connectivity index is 2.23. The topological polar surface area (TPSA) is 64.4 Å². The first-order valence-corrected chi connectivity index (χ1v) is 6.15. The molecule has 3 N–H and O–H groups in total. The molecule has 3 atom stereocenters. The Morgan fingerprint density at radius 3 is 2.75 bits per heavy atom. The highest BCUT2D eigenvalue weighted by atomic mass is 16.5. The molecule has 0 aliphatic carbocycles. The summed E-state index contributed by atoms with van der Waals surface area (Å²) in [5.74, 6) is 0.859. The fourth-order valence-electron chi connectivity index (χ4n) is 2.02. The van der Waals surface area contributed by atoms with Gasteiger partial charge in [0.2, 0.25) is 5.91 Å². The van der Waals surface area contributed by atoms with Gasteiger partial charge in [-0.3, -0.25) is 4.79 Å². The van der Waals surface area contributed by atoms with Crippen molar-refractivity contribution in [2.75, 3.05) is 13.2 Å². The molecule has 16 heavy (non-hydrogen) atoms. The average molecular weight is 228 g/mol. The predicted molar refractivity (Wildman–Crippen MR) is 64.0 cm³/mol. The van der Waals surface area contributed by atoms with Crippen LogP contribution >= 0.6 is 0 Å². The van der Waals surface area contributed by atoms with E-state index in [2.05, 4.69) is 26.1 Å². The van der Waals surface area contributed by atoms with E-state index in [0.717, 1.165) is 19.4 Å². The van der Waals surface area contributed by atoms with Crippen molar-refractivity contribution in [3.8, 4) is 0 Å². The van der Waals surface area contributed by atoms with E-state index in [1.165, 1.54) is 0 Å². The van der Waals surface area contributed by atoms with Crippen LogP contribution in [0.25, 0.3) is 0 Å². The molecule has 0 aromatic rings. The van der Waals surface area contributed by atoms with Crippen LogP contribution in [-0.4, -0.2) is 31.2 Å². The van der Waals surface area contributed by atoms with Crippen molar-refractivity contribution in [1.82, 2.24) is 5.32 Å². The molecule has 0 aromatic carbocycles. The lowest BCUT2D eigenvalue weighted by Crippen LogP contribution is -2.43. The third kappa shape index (κ3) is 4.10. The first-order valence-electron chi connectivity index (χ1n) is 6.15. The van der Waals surface area contributed by atoms with Gasteiger partial charge in [-0.25, -0.2) is 0 Å². The summed E-state index contributed by atoms with van der Waals surface area (Å²) in [6, 6.07) is -0.377. The molecule has 1 saturated heterocycles. The van der Waals surface area contributed by atoms with Gasteiger partial charge in [0, 0.05) is 19.1 Å². The van der Waals surface area contributed by atoms with Crippen LogP contribution in [0.3, 0.4) is 0 Å². The summed E-state index contributed by atoms with van der Waals surface area (Å²) in [5.41, 5.74) is 5.79. The average Bonchev–Trinajstić information content (AvgIpc) is 2.59. The van der Waals surface area contributed by atoms with E-state index in [1.807, 2.05) is 0 Å². The molecule has 0 radical (unpaired) electrons. The van der Waals surface area contributed by atoms with Crippen LogP contribution in [-0.2, 0) is 9.53 Å². The zero-order chi connectivity index (χ0) is 12.1. The normalized spacial score (nSPS) is 27.1. The van der Waals surface area contributed by atoms with Crippen LogP contribution in [0.4, 0.5) is 0 Å². The minimum atomic E-state index is -0.377. The van der Waals surface area contributed by atoms with Crippen molar-refractivity contribution in [2.45, 2.75) is 45.8 Å². The Bertz CT molecular complexity index is 231. The first-order chi connectivity index (χ1) is 7.50. The lowest BCUT2D eigenvalue weighted by Gasteiger charge is -2.18. The second kappa shape index (κ2) is 6.21. The summed E-state index contributed by atoms with van der Waals surface area (Å²) in [7, 11) is 0. The molecular formula is C12H24N2O2. The van der Waals surface area contributed by atoms with Crippen molar-refractivity contribution >= 4 is 5.91 Å². The van der Waals surface area contributed by atoms with Crippen LogP contribution in [0.2, 0.25) is 0 Å². The minimum absolute atomic E-state index is 0.0344. The number of nitrogens with two attached hydrogens (primary N) is 1. The summed E-state index contributed by atoms with van der Waals surface area (Å²) < 4.78 is 5.44. The molecule has 0 spiro atoms. The molecule has 1 heterocycles. The third-order valence-electron chi connectivity index (χ3n) is 3.13. The van der Waals surface area contributed by atoms with Gasteiger partial charge < -0.3 is 15.8 Å². The summed E-state index contributed by atoms with van der Waals surface area (Å²) in [6.45, 7) is 7.68. The number of ether oxygens (including phenoxy) is 1. The molecule has 0 saturated carbocycles. The quantitative estimate of drug-likeness (QED) is 0.735. The van der Waals surface area contributed by atoms with Gasteiger partial charge in [0.1, 0.15) is 0 Å². The highest BCUT2D eigenvalue weighted by molar-refractivity contribution is 5.81. The Morgan fingerprint density at radius 1 is 1.56 bits per heavy atom. The molecule has 0 bridgehead atoms. The van der Waals surface area contributed by atoms with E-state index in [1.54, 1.807) is 0 Å². The first kappa shape index (κ1) is 13.5. The number of hydrogen-bond acceptors (Lipinski definition) is 3. The third-order valence-corrected chi connectivity index (χ3v) is 3.13. The zero-order valence-electron chi connectivity index (χ0n) is 10.5. The Labute approximate surface area is 97.9 Å². The molecule has 4 nitrogen and oxygen atoms in total. The zero-order valence-corrected chi connectivity index (χ0v) is 10.5. The number of amides is 1. The van der Waals surface area contributed by atoms with Gasteiger partial charge in [0.25, 0.3) is 0 Å². The molecule has 1 aliphatic heterocycles. The van der Waals surface area contributed by atoms with Crippen molar-refractivity contribution in [3.05, 3.63) is 0 Å². The highest BCUT2D eigenvalue weighted by Gasteiger charge is 2.25. The molecular weight excluding hydrogens is 204 g/mol. The van der Waals surface area contributed by atoms with Crippen molar-refractivity contribution in [2.24, 2.45) is 17.6 Å². The second-order valence-electron chi connectivity index (χ2n) is 5.11. The largest absolute Gasteiger partial charge is 0.378 e. The van der Waals surface area contributed by atoms with Gasteiger partial charge in [-0.2, -0.15) is 0 Å². The lowest BCUT2D eigenvalue weighted by molar-refractivity contribution is -0.122. The fourth-order valence-corrected chi connectivity index (χ4v) is 2.02. The van der Waals surface area contributed by atoms with Crippen LogP contribution in [0, 0.1) is 11.8 Å². The van der Waals surface area contributed by atoms with Crippen LogP contribution < -0.4 is 11.1 Å². The molecule has 94 valence electrons. The highest BCUT2D eigenvalue weighted by Crippen LogP contribution is 2.19. The van der Waals surface area contributed by atoms with Gasteiger partial charge in [-0.1, -0.05) is 13.8 Å². The summed E-state index contributed by atoms with van der Waals surface area (Å²) in [4.78, 5) is 11.7. The van der Waals surface area contributed by atoms with E-state index >= 15 is 0 Å². The minimum Gasteiger partial charge on any atom is -0.378 e. The van der Waals surface area contributed by atoms with Gasteiger partial charge in [0.15, 0.2) is 0 Å². The van der Waals surface area contributed by atoms with Crippen molar-refractivity contribution in [3.63, 3.8) is 0 Å². The van der Waals surface area contributed by atoms with E-state index < -0.39 is 0 Å². The van der Waals surface area contributed by atoms with Crippen LogP contribution in [0.15, 0.2) is 0 Å². The standard InChI is InChI=1S/C12H24N2O2/c1-8(2)6-11(13)12(15)14-7-10-4-5-16-9(10)3/h8-11H,4-7,13H2,1-3H3,(H,14,15)/t9?,10?,11-/m1/s1. The fraction of sp³-hybridized carbons (Fsp3) is 0.917. The predicted octanol–water partition coefficient (Wildman–Crippen LogP) is 0.901.